The van der Waals surface area contributed by atoms with Crippen LogP contribution in [0.2, 0.25) is 0 Å². The molecule has 1 fully saturated rings. The van der Waals surface area contributed by atoms with Gasteiger partial charge in [-0.05, 0) is 61.8 Å². The molecule has 4 aromatic rings. The highest BCUT2D eigenvalue weighted by molar-refractivity contribution is 7.10. The molecule has 1 aliphatic rings. The van der Waals surface area contributed by atoms with Crippen molar-refractivity contribution in [2.45, 2.75) is 18.8 Å². The number of piperidine rings is 1. The molecule has 0 atom stereocenters. The van der Waals surface area contributed by atoms with E-state index in [4.69, 9.17) is 14.1 Å². The molecule has 1 N–H and O–H groups in total. The lowest BCUT2D eigenvalue weighted by molar-refractivity contribution is 0.102. The lowest BCUT2D eigenvalue weighted by Crippen LogP contribution is -2.33. The minimum atomic E-state index is -0.205. The summed E-state index contributed by atoms with van der Waals surface area (Å²) >= 11 is 1.58. The summed E-state index contributed by atoms with van der Waals surface area (Å²) in [5.74, 6) is 1.75. The van der Waals surface area contributed by atoms with E-state index in [1.54, 1.807) is 24.7 Å². The van der Waals surface area contributed by atoms with Crippen LogP contribution in [0.15, 0.2) is 82.8 Å². The molecule has 7 heteroatoms. The average molecular weight is 500 g/mol. The van der Waals surface area contributed by atoms with Crippen molar-refractivity contribution in [3.05, 3.63) is 94.8 Å². The van der Waals surface area contributed by atoms with E-state index < -0.39 is 0 Å². The van der Waals surface area contributed by atoms with Gasteiger partial charge in [-0.2, -0.15) is 0 Å². The number of anilines is 1. The fourth-order valence-corrected chi connectivity index (χ4v) is 5.43. The van der Waals surface area contributed by atoms with E-state index >= 15 is 0 Å². The largest absolute Gasteiger partial charge is 0.497 e. The third kappa shape index (κ3) is 5.75. The van der Waals surface area contributed by atoms with E-state index in [9.17, 15) is 4.79 Å². The molecule has 1 aliphatic heterocycles. The maximum Gasteiger partial charge on any atom is 0.275 e. The normalized spacial score (nSPS) is 14.8. The maximum absolute atomic E-state index is 13.1. The fourth-order valence-electron chi connectivity index (χ4n) is 4.46. The molecule has 0 aliphatic carbocycles. The van der Waals surface area contributed by atoms with Gasteiger partial charge in [0.15, 0.2) is 0 Å². The lowest BCUT2D eigenvalue weighted by Gasteiger charge is -2.30. The van der Waals surface area contributed by atoms with Gasteiger partial charge in [0.1, 0.15) is 17.2 Å². The second-order valence-corrected chi connectivity index (χ2v) is 9.68. The van der Waals surface area contributed by atoms with E-state index in [2.05, 4.69) is 16.3 Å². The standard InChI is InChI=1S/C29H29N3O3S/c1-34-24-11-12-25(21-7-3-2-4-8-21)26(19-24)30-28(33)27-20-36-29(31-27)22-13-16-32(17-14-22)15-5-9-23-10-6-18-35-23/h2-12,18-20,22H,13-17H2,1H3,(H,30,33). The van der Waals surface area contributed by atoms with Gasteiger partial charge in [-0.25, -0.2) is 4.98 Å². The van der Waals surface area contributed by atoms with Crippen molar-refractivity contribution in [3.8, 4) is 16.9 Å². The highest BCUT2D eigenvalue weighted by Crippen LogP contribution is 2.33. The summed E-state index contributed by atoms with van der Waals surface area (Å²) in [6.07, 6.45) is 7.93. The van der Waals surface area contributed by atoms with Gasteiger partial charge >= 0.3 is 0 Å². The second-order valence-electron chi connectivity index (χ2n) is 8.80. The van der Waals surface area contributed by atoms with Crippen molar-refractivity contribution in [1.29, 1.82) is 0 Å². The highest BCUT2D eigenvalue weighted by atomic mass is 32.1. The summed E-state index contributed by atoms with van der Waals surface area (Å²) < 4.78 is 10.7. The number of ether oxygens (including phenoxy) is 1. The second kappa shape index (κ2) is 11.4. The van der Waals surface area contributed by atoms with Crippen molar-refractivity contribution in [2.75, 3.05) is 32.1 Å². The molecule has 0 radical (unpaired) electrons. The van der Waals surface area contributed by atoms with E-state index in [1.807, 2.05) is 72.1 Å². The van der Waals surface area contributed by atoms with Crippen LogP contribution in [0.25, 0.3) is 17.2 Å². The molecule has 0 bridgehead atoms. The van der Waals surface area contributed by atoms with Crippen molar-refractivity contribution >= 4 is 29.0 Å². The van der Waals surface area contributed by atoms with Gasteiger partial charge in [-0.15, -0.1) is 11.3 Å². The number of carbonyl (C=O) groups excluding carboxylic acids is 1. The Morgan fingerprint density at radius 1 is 1.17 bits per heavy atom. The molecule has 2 aromatic heterocycles. The van der Waals surface area contributed by atoms with Crippen LogP contribution in [0.4, 0.5) is 5.69 Å². The predicted octanol–water partition coefficient (Wildman–Crippen LogP) is 6.56. The Balaban J connectivity index is 1.21. The van der Waals surface area contributed by atoms with Crippen molar-refractivity contribution in [2.24, 2.45) is 0 Å². The zero-order chi connectivity index (χ0) is 24.7. The van der Waals surface area contributed by atoms with Crippen LogP contribution in [-0.2, 0) is 0 Å². The summed E-state index contributed by atoms with van der Waals surface area (Å²) in [4.78, 5) is 20.3. The zero-order valence-electron chi connectivity index (χ0n) is 20.2. The topological polar surface area (TPSA) is 67.6 Å². The van der Waals surface area contributed by atoms with Gasteiger partial charge in [-0.3, -0.25) is 9.69 Å². The number of rotatable bonds is 8. The number of amides is 1. The minimum Gasteiger partial charge on any atom is -0.497 e. The lowest BCUT2D eigenvalue weighted by atomic mass is 9.97. The smallest absolute Gasteiger partial charge is 0.275 e. The molecule has 0 spiro atoms. The molecule has 184 valence electrons. The van der Waals surface area contributed by atoms with Crippen LogP contribution in [0.5, 0.6) is 5.75 Å². The Bertz CT molecular complexity index is 1310. The first-order valence-corrected chi connectivity index (χ1v) is 13.0. The van der Waals surface area contributed by atoms with Gasteiger partial charge in [0.25, 0.3) is 5.91 Å². The number of benzene rings is 2. The maximum atomic E-state index is 13.1. The van der Waals surface area contributed by atoms with E-state index in [0.717, 1.165) is 54.4 Å². The summed E-state index contributed by atoms with van der Waals surface area (Å²) in [6, 6.07) is 19.6. The molecule has 6 nitrogen and oxygen atoms in total. The average Bonchev–Trinajstić information content (AvgIpc) is 3.62. The number of hydrogen-bond acceptors (Lipinski definition) is 6. The van der Waals surface area contributed by atoms with Crippen LogP contribution in [0, 0.1) is 0 Å². The molecular formula is C29H29N3O3S. The molecule has 0 unspecified atom stereocenters. The molecule has 3 heterocycles. The number of carbonyl (C=O) groups is 1. The van der Waals surface area contributed by atoms with E-state index in [-0.39, 0.29) is 5.91 Å². The summed E-state index contributed by atoms with van der Waals surface area (Å²) in [7, 11) is 1.62. The monoisotopic (exact) mass is 499 g/mol. The molecule has 2 aromatic carbocycles. The number of methoxy groups -OCH3 is 1. The van der Waals surface area contributed by atoms with Crippen LogP contribution < -0.4 is 10.1 Å². The SMILES string of the molecule is COc1ccc(-c2ccccc2)c(NC(=O)c2csc(C3CCN(CC=Cc4ccco4)CC3)n2)c1. The first kappa shape index (κ1) is 24.0. The van der Waals surface area contributed by atoms with Crippen LogP contribution >= 0.6 is 11.3 Å². The van der Waals surface area contributed by atoms with E-state index in [1.165, 1.54) is 0 Å². The molecule has 0 saturated carbocycles. The van der Waals surface area contributed by atoms with Gasteiger partial charge in [0, 0.05) is 29.5 Å². The highest BCUT2D eigenvalue weighted by Gasteiger charge is 2.24. The van der Waals surface area contributed by atoms with Crippen LogP contribution in [0.1, 0.15) is 40.0 Å². The number of furan rings is 1. The van der Waals surface area contributed by atoms with Gasteiger partial charge in [-0.1, -0.05) is 36.4 Å². The van der Waals surface area contributed by atoms with Gasteiger partial charge in [0.2, 0.25) is 0 Å². The Morgan fingerprint density at radius 2 is 2.00 bits per heavy atom. The fraction of sp³-hybridized carbons (Fsp3) is 0.241. The summed E-state index contributed by atoms with van der Waals surface area (Å²) in [6.45, 7) is 2.93. The van der Waals surface area contributed by atoms with Crippen LogP contribution in [-0.4, -0.2) is 42.5 Å². The summed E-state index contributed by atoms with van der Waals surface area (Å²) in [5, 5.41) is 5.97. The molecule has 36 heavy (non-hydrogen) atoms. The third-order valence-corrected chi connectivity index (χ3v) is 7.45. The van der Waals surface area contributed by atoms with Crippen LogP contribution in [0.3, 0.4) is 0 Å². The van der Waals surface area contributed by atoms with Gasteiger partial charge < -0.3 is 14.5 Å². The number of likely N-dealkylation sites (tertiary alicyclic amines) is 1. The molecule has 1 saturated heterocycles. The number of hydrogen-bond donors (Lipinski definition) is 1. The molecule has 5 rings (SSSR count). The molecular weight excluding hydrogens is 470 g/mol. The Morgan fingerprint density at radius 3 is 2.75 bits per heavy atom. The number of nitrogens with zero attached hydrogens (tertiary/aromatic N) is 2. The first-order chi connectivity index (χ1) is 17.7. The molecule has 1 amide bonds. The van der Waals surface area contributed by atoms with Crippen molar-refractivity contribution < 1.29 is 13.9 Å². The van der Waals surface area contributed by atoms with Crippen molar-refractivity contribution in [1.82, 2.24) is 9.88 Å². The van der Waals surface area contributed by atoms with E-state index in [0.29, 0.717) is 23.0 Å². The third-order valence-electron chi connectivity index (χ3n) is 6.44. The Kier molecular flexibility index (Phi) is 7.59. The summed E-state index contributed by atoms with van der Waals surface area (Å²) in [5.41, 5.74) is 3.13. The number of aromatic nitrogens is 1. The van der Waals surface area contributed by atoms with Crippen molar-refractivity contribution in [3.63, 3.8) is 0 Å². The Hall–Kier alpha value is -3.68. The number of nitrogens with one attached hydrogen (secondary N) is 1. The number of thiazole rings is 1. The zero-order valence-corrected chi connectivity index (χ0v) is 21.0. The predicted molar refractivity (Wildman–Crippen MR) is 145 cm³/mol. The quantitative estimate of drug-likeness (QED) is 0.297. The minimum absolute atomic E-state index is 0.205. The first-order valence-electron chi connectivity index (χ1n) is 12.1. The Labute approximate surface area is 215 Å². The van der Waals surface area contributed by atoms with Gasteiger partial charge in [0.05, 0.1) is 24.1 Å².